The number of aromatic nitrogens is 4. The number of aliphatic hydroxyl groups excluding tert-OH is 1. The number of nitrogen functional groups attached to an aromatic ring is 1. The van der Waals surface area contributed by atoms with Crippen molar-refractivity contribution in [1.29, 1.82) is 0 Å². The highest BCUT2D eigenvalue weighted by molar-refractivity contribution is 6.35. The number of pyridine rings is 1. The summed E-state index contributed by atoms with van der Waals surface area (Å²) in [7, 11) is 0. The highest BCUT2D eigenvalue weighted by atomic mass is 35.5. The molecule has 3 aromatic heterocycles. The molecule has 0 fully saturated rings. The molecular formula is C22H24ClN7O3. The number of rotatable bonds is 8. The Morgan fingerprint density at radius 1 is 1.30 bits per heavy atom. The second-order valence-corrected chi connectivity index (χ2v) is 7.95. The van der Waals surface area contributed by atoms with Crippen LogP contribution in [0.2, 0.25) is 5.02 Å². The summed E-state index contributed by atoms with van der Waals surface area (Å²) in [5.74, 6) is -0.383. The van der Waals surface area contributed by atoms with Gasteiger partial charge >= 0.3 is 0 Å². The van der Waals surface area contributed by atoms with Crippen LogP contribution in [-0.4, -0.2) is 49.9 Å². The topological polar surface area (TPSA) is 140 Å². The first-order chi connectivity index (χ1) is 15.9. The molecule has 172 valence electrons. The van der Waals surface area contributed by atoms with Crippen molar-refractivity contribution < 1.29 is 9.90 Å². The maximum Gasteiger partial charge on any atom is 0.260 e. The molecule has 0 saturated heterocycles. The van der Waals surface area contributed by atoms with Crippen LogP contribution in [0.25, 0.3) is 16.4 Å². The third-order valence-electron chi connectivity index (χ3n) is 5.36. The Morgan fingerprint density at radius 3 is 2.91 bits per heavy atom. The Labute approximate surface area is 194 Å². The summed E-state index contributed by atoms with van der Waals surface area (Å²) < 4.78 is 3.02. The first-order valence-electron chi connectivity index (χ1n) is 10.5. The van der Waals surface area contributed by atoms with Crippen molar-refractivity contribution in [2.24, 2.45) is 0 Å². The van der Waals surface area contributed by atoms with Gasteiger partial charge in [0.25, 0.3) is 11.5 Å². The average molecular weight is 470 g/mol. The number of anilines is 1. The molecule has 4 rings (SSSR count). The van der Waals surface area contributed by atoms with Gasteiger partial charge in [0.1, 0.15) is 5.56 Å². The Hall–Kier alpha value is -3.47. The summed E-state index contributed by atoms with van der Waals surface area (Å²) in [5, 5.41) is 20.6. The third kappa shape index (κ3) is 4.40. The fraction of sp³-hybridized carbons (Fsp3) is 0.273. The monoisotopic (exact) mass is 469 g/mol. The third-order valence-corrected chi connectivity index (χ3v) is 5.68. The molecule has 1 atom stereocenters. The summed E-state index contributed by atoms with van der Waals surface area (Å²) >= 11 is 6.31. The van der Waals surface area contributed by atoms with E-state index in [-0.39, 0.29) is 23.5 Å². The predicted molar refractivity (Wildman–Crippen MR) is 126 cm³/mol. The minimum atomic E-state index is -0.538. The lowest BCUT2D eigenvalue weighted by Gasteiger charge is -2.21. The Bertz CT molecular complexity index is 1380. The minimum absolute atomic E-state index is 0.00707. The number of carbonyl (C=O) groups excluding carboxylic acids is 1. The molecule has 1 amide bonds. The van der Waals surface area contributed by atoms with Gasteiger partial charge in [0.05, 0.1) is 23.1 Å². The molecule has 0 aliphatic heterocycles. The molecule has 0 aliphatic rings. The number of amides is 1. The lowest BCUT2D eigenvalue weighted by atomic mass is 10.1. The van der Waals surface area contributed by atoms with Crippen molar-refractivity contribution in [1.82, 2.24) is 29.8 Å². The molecular weight excluding hydrogens is 446 g/mol. The maximum absolute atomic E-state index is 13.3. The van der Waals surface area contributed by atoms with Gasteiger partial charge in [-0.25, -0.2) is 9.50 Å². The zero-order chi connectivity index (χ0) is 23.5. The highest BCUT2D eigenvalue weighted by Crippen LogP contribution is 2.24. The van der Waals surface area contributed by atoms with E-state index in [0.717, 1.165) is 0 Å². The zero-order valence-corrected chi connectivity index (χ0v) is 18.7. The molecule has 11 heteroatoms. The van der Waals surface area contributed by atoms with E-state index in [0.29, 0.717) is 46.8 Å². The van der Waals surface area contributed by atoms with Crippen LogP contribution < -0.4 is 21.9 Å². The number of carbonyl (C=O) groups is 1. The van der Waals surface area contributed by atoms with Crippen LogP contribution in [0.15, 0.2) is 47.5 Å². The first kappa shape index (κ1) is 22.7. The van der Waals surface area contributed by atoms with E-state index in [1.54, 1.807) is 42.1 Å². The molecule has 0 unspecified atom stereocenters. The first-order valence-corrected chi connectivity index (χ1v) is 10.8. The molecule has 0 aliphatic carbocycles. The number of hydrogen-bond acceptors (Lipinski definition) is 7. The molecule has 4 aromatic rings. The van der Waals surface area contributed by atoms with Crippen LogP contribution in [0.3, 0.4) is 0 Å². The van der Waals surface area contributed by atoms with Crippen LogP contribution in [0.4, 0.5) is 5.82 Å². The van der Waals surface area contributed by atoms with Crippen molar-refractivity contribution in [2.45, 2.75) is 19.5 Å². The zero-order valence-electron chi connectivity index (χ0n) is 18.0. The summed E-state index contributed by atoms with van der Waals surface area (Å²) in [6.07, 6.45) is 3.21. The molecule has 1 aromatic carbocycles. The van der Waals surface area contributed by atoms with Crippen molar-refractivity contribution in [3.63, 3.8) is 0 Å². The van der Waals surface area contributed by atoms with Gasteiger partial charge in [-0.3, -0.25) is 9.59 Å². The summed E-state index contributed by atoms with van der Waals surface area (Å²) in [5.41, 5.74) is 6.85. The predicted octanol–water partition coefficient (Wildman–Crippen LogP) is 1.35. The summed E-state index contributed by atoms with van der Waals surface area (Å²) in [6, 6.07) is 8.25. The van der Waals surface area contributed by atoms with Gasteiger partial charge < -0.3 is 26.0 Å². The van der Waals surface area contributed by atoms with E-state index < -0.39 is 11.9 Å². The molecule has 10 nitrogen and oxygen atoms in total. The molecule has 0 radical (unpaired) electrons. The lowest BCUT2D eigenvalue weighted by Crippen LogP contribution is -2.35. The van der Waals surface area contributed by atoms with Crippen molar-refractivity contribution in [3.05, 3.63) is 69.4 Å². The van der Waals surface area contributed by atoms with E-state index in [9.17, 15) is 9.59 Å². The second kappa shape index (κ2) is 9.57. The van der Waals surface area contributed by atoms with E-state index in [1.165, 1.54) is 4.52 Å². The largest absolute Gasteiger partial charge is 0.395 e. The summed E-state index contributed by atoms with van der Waals surface area (Å²) in [4.78, 5) is 30.6. The van der Waals surface area contributed by atoms with Gasteiger partial charge in [-0.2, -0.15) is 0 Å². The molecule has 0 saturated carbocycles. The smallest absolute Gasteiger partial charge is 0.260 e. The molecule has 0 spiro atoms. The number of nitrogens with two attached hydrogens (primary N) is 1. The minimum Gasteiger partial charge on any atom is -0.395 e. The number of nitrogens with one attached hydrogen (secondary N) is 2. The quantitative estimate of drug-likeness (QED) is 0.285. The van der Waals surface area contributed by atoms with Gasteiger partial charge in [-0.15, -0.1) is 5.10 Å². The maximum atomic E-state index is 13.3. The molecule has 3 heterocycles. The van der Waals surface area contributed by atoms with Crippen molar-refractivity contribution in [2.75, 3.05) is 25.4 Å². The van der Waals surface area contributed by atoms with E-state index >= 15 is 0 Å². The summed E-state index contributed by atoms with van der Waals surface area (Å²) in [6.45, 7) is 2.97. The van der Waals surface area contributed by atoms with Crippen LogP contribution in [0.5, 0.6) is 0 Å². The van der Waals surface area contributed by atoms with E-state index in [1.807, 2.05) is 12.1 Å². The molecule has 0 bridgehead atoms. The van der Waals surface area contributed by atoms with E-state index in [2.05, 4.69) is 20.7 Å². The number of nitrogens with zero attached hydrogens (tertiary/aromatic N) is 4. The number of aliphatic hydroxyl groups is 1. The van der Waals surface area contributed by atoms with E-state index in [4.69, 9.17) is 22.4 Å². The standard InChI is InChI=1S/C22H24ClN7O3/c1-13(27-21(32)18-19(24)28-30-9-3-6-26-20(18)30)16-12-14-4-2-5-15(23)17(14)22(33)29(16)10-7-25-8-11-31/h2-6,9,12-13,25,31H,7-8,10-11H2,1H3,(H2,24,28)(H,27,32)/t13-/m0/s1. The highest BCUT2D eigenvalue weighted by Gasteiger charge is 2.23. The van der Waals surface area contributed by atoms with Gasteiger partial charge in [-0.05, 0) is 30.5 Å². The lowest BCUT2D eigenvalue weighted by molar-refractivity contribution is 0.0940. The van der Waals surface area contributed by atoms with Gasteiger partial charge in [0, 0.05) is 37.7 Å². The van der Waals surface area contributed by atoms with Gasteiger partial charge in [0.2, 0.25) is 0 Å². The second-order valence-electron chi connectivity index (χ2n) is 7.55. The van der Waals surface area contributed by atoms with Crippen LogP contribution in [-0.2, 0) is 6.54 Å². The average Bonchev–Trinajstić information content (AvgIpc) is 3.13. The normalized spacial score (nSPS) is 12.3. The van der Waals surface area contributed by atoms with Gasteiger partial charge in [0.15, 0.2) is 11.5 Å². The van der Waals surface area contributed by atoms with Crippen molar-refractivity contribution in [3.8, 4) is 0 Å². The Morgan fingerprint density at radius 2 is 2.12 bits per heavy atom. The fourth-order valence-corrected chi connectivity index (χ4v) is 4.09. The van der Waals surface area contributed by atoms with Gasteiger partial charge in [-0.1, -0.05) is 23.7 Å². The van der Waals surface area contributed by atoms with Crippen LogP contribution in [0.1, 0.15) is 29.0 Å². The van der Waals surface area contributed by atoms with Crippen LogP contribution >= 0.6 is 11.6 Å². The Kier molecular flexibility index (Phi) is 6.59. The molecule has 5 N–H and O–H groups in total. The van der Waals surface area contributed by atoms with Crippen LogP contribution in [0, 0.1) is 0 Å². The number of fused-ring (bicyclic) bond motifs is 2. The number of halogens is 1. The van der Waals surface area contributed by atoms with Crippen molar-refractivity contribution >= 4 is 39.7 Å². The number of hydrogen-bond donors (Lipinski definition) is 4. The fourth-order valence-electron chi connectivity index (χ4n) is 3.82. The Balaban J connectivity index is 1.71. The number of benzene rings is 1. The SMILES string of the molecule is C[C@H](NC(=O)c1c(N)nn2cccnc12)c1cc2cccc(Cl)c2c(=O)n1CCNCCO. The molecule has 33 heavy (non-hydrogen) atoms.